The summed E-state index contributed by atoms with van der Waals surface area (Å²) < 4.78 is 0. The third kappa shape index (κ3) is 2.66. The van der Waals surface area contributed by atoms with Crippen LogP contribution in [0.3, 0.4) is 0 Å². The molecule has 0 unspecified atom stereocenters. The minimum atomic E-state index is -0.163. The maximum absolute atomic E-state index is 13.1. The predicted molar refractivity (Wildman–Crippen MR) is 108 cm³/mol. The highest BCUT2D eigenvalue weighted by Crippen LogP contribution is 2.46. The van der Waals surface area contributed by atoms with Crippen molar-refractivity contribution in [1.82, 2.24) is 4.90 Å². The van der Waals surface area contributed by atoms with Gasteiger partial charge in [0.25, 0.3) is 5.91 Å². The van der Waals surface area contributed by atoms with E-state index in [0.29, 0.717) is 5.11 Å². The van der Waals surface area contributed by atoms with Crippen LogP contribution >= 0.6 is 24.0 Å². The molecule has 2 heterocycles. The van der Waals surface area contributed by atoms with E-state index in [0.717, 1.165) is 22.6 Å². The molecule has 2 atom stereocenters. The molecular weight excluding hydrogens is 348 g/mol. The highest BCUT2D eigenvalue weighted by molar-refractivity contribution is 7.99. The second-order valence-electron chi connectivity index (χ2n) is 6.77. The summed E-state index contributed by atoms with van der Waals surface area (Å²) in [7, 11) is 0. The van der Waals surface area contributed by atoms with Crippen molar-refractivity contribution in [2.45, 2.75) is 32.2 Å². The van der Waals surface area contributed by atoms with Crippen LogP contribution < -0.4 is 4.90 Å². The van der Waals surface area contributed by atoms with Crippen molar-refractivity contribution >= 4 is 40.7 Å². The van der Waals surface area contributed by atoms with E-state index in [2.05, 4.69) is 54.3 Å². The van der Waals surface area contributed by atoms with Gasteiger partial charge in [-0.05, 0) is 55.7 Å². The Morgan fingerprint density at radius 3 is 2.44 bits per heavy atom. The smallest absolute Gasteiger partial charge is 0.257 e. The van der Waals surface area contributed by atoms with E-state index in [1.807, 2.05) is 13.8 Å². The third-order valence-electron chi connectivity index (χ3n) is 4.89. The quantitative estimate of drug-likeness (QED) is 0.735. The molecule has 2 aromatic rings. The second-order valence-corrected chi connectivity index (χ2v) is 8.24. The van der Waals surface area contributed by atoms with Crippen molar-refractivity contribution in [3.63, 3.8) is 0 Å². The standard InChI is InChI=1S/C20H20N2OS2/c1-12-5-8-15(9-6-12)19-22-17(11-25-19)18(23)21(20(22)24)16-10-13(2)4-7-14(16)3/h4-10,17,19H,11H2,1-3H3/t17-,19+/m0/s1. The maximum Gasteiger partial charge on any atom is 0.257 e. The molecule has 2 aromatic carbocycles. The highest BCUT2D eigenvalue weighted by Gasteiger charge is 2.51. The number of hydrogen-bond donors (Lipinski definition) is 0. The van der Waals surface area contributed by atoms with Crippen molar-refractivity contribution in [3.8, 4) is 0 Å². The van der Waals surface area contributed by atoms with E-state index in [1.54, 1.807) is 16.7 Å². The van der Waals surface area contributed by atoms with Crippen LogP contribution in [0.5, 0.6) is 0 Å². The molecule has 2 fully saturated rings. The number of benzene rings is 2. The number of hydrogen-bond acceptors (Lipinski definition) is 3. The summed E-state index contributed by atoms with van der Waals surface area (Å²) in [5, 5.41) is 0.733. The molecule has 0 bridgehead atoms. The Morgan fingerprint density at radius 2 is 1.72 bits per heavy atom. The lowest BCUT2D eigenvalue weighted by molar-refractivity contribution is -0.119. The average molecular weight is 369 g/mol. The summed E-state index contributed by atoms with van der Waals surface area (Å²) in [6.07, 6.45) is 0. The molecule has 3 nitrogen and oxygen atoms in total. The molecule has 1 amide bonds. The fourth-order valence-corrected chi connectivity index (χ4v) is 5.37. The van der Waals surface area contributed by atoms with Crippen LogP contribution in [0, 0.1) is 20.8 Å². The predicted octanol–water partition coefficient (Wildman–Crippen LogP) is 4.36. The molecule has 0 radical (unpaired) electrons. The lowest BCUT2D eigenvalue weighted by Crippen LogP contribution is -2.34. The minimum Gasteiger partial charge on any atom is -0.319 e. The molecule has 2 aliphatic heterocycles. The van der Waals surface area contributed by atoms with Gasteiger partial charge in [-0.1, -0.05) is 42.0 Å². The Hall–Kier alpha value is -1.85. The summed E-state index contributed by atoms with van der Waals surface area (Å²) in [6.45, 7) is 6.15. The van der Waals surface area contributed by atoms with Crippen LogP contribution in [0.25, 0.3) is 0 Å². The van der Waals surface area contributed by atoms with E-state index in [1.165, 1.54) is 11.1 Å². The van der Waals surface area contributed by atoms with Crippen LogP contribution in [-0.4, -0.2) is 27.7 Å². The molecule has 0 N–H and O–H groups in total. The van der Waals surface area contributed by atoms with Crippen LogP contribution in [0.15, 0.2) is 42.5 Å². The number of aryl methyl sites for hydroxylation is 3. The summed E-state index contributed by atoms with van der Waals surface area (Å²) in [5.74, 6) is 0.875. The number of nitrogens with zero attached hydrogens (tertiary/aromatic N) is 2. The highest BCUT2D eigenvalue weighted by atomic mass is 32.2. The van der Waals surface area contributed by atoms with Gasteiger partial charge in [-0.3, -0.25) is 9.69 Å². The third-order valence-corrected chi connectivity index (χ3v) is 6.60. The molecule has 2 aliphatic rings. The molecule has 2 saturated heterocycles. The molecule has 0 aromatic heterocycles. The van der Waals surface area contributed by atoms with Gasteiger partial charge < -0.3 is 4.90 Å². The number of thioether (sulfide) groups is 1. The van der Waals surface area contributed by atoms with E-state index in [4.69, 9.17) is 12.2 Å². The maximum atomic E-state index is 13.1. The van der Waals surface area contributed by atoms with Gasteiger partial charge in [-0.25, -0.2) is 0 Å². The fraction of sp³-hybridized carbons (Fsp3) is 0.300. The van der Waals surface area contributed by atoms with Gasteiger partial charge in [-0.15, -0.1) is 11.8 Å². The molecule has 4 rings (SSSR count). The lowest BCUT2D eigenvalue weighted by Gasteiger charge is -2.26. The average Bonchev–Trinajstić information content (AvgIpc) is 3.12. The minimum absolute atomic E-state index is 0.0980. The summed E-state index contributed by atoms with van der Waals surface area (Å²) >= 11 is 7.56. The van der Waals surface area contributed by atoms with Gasteiger partial charge in [0.05, 0.1) is 5.69 Å². The van der Waals surface area contributed by atoms with Crippen LogP contribution in [-0.2, 0) is 4.79 Å². The molecule has 128 valence electrons. The Kier molecular flexibility index (Phi) is 4.08. The van der Waals surface area contributed by atoms with Crippen LogP contribution in [0.2, 0.25) is 0 Å². The molecule has 0 saturated carbocycles. The van der Waals surface area contributed by atoms with Crippen molar-refractivity contribution in [1.29, 1.82) is 0 Å². The first-order valence-electron chi connectivity index (χ1n) is 8.39. The van der Waals surface area contributed by atoms with Gasteiger partial charge >= 0.3 is 0 Å². The van der Waals surface area contributed by atoms with Crippen molar-refractivity contribution in [2.75, 3.05) is 10.7 Å². The van der Waals surface area contributed by atoms with Crippen molar-refractivity contribution < 1.29 is 4.79 Å². The van der Waals surface area contributed by atoms with Crippen molar-refractivity contribution in [3.05, 3.63) is 64.7 Å². The first-order valence-corrected chi connectivity index (χ1v) is 9.85. The molecule has 25 heavy (non-hydrogen) atoms. The first-order chi connectivity index (χ1) is 12.0. The molecular formula is C20H20N2OS2. The normalized spacial score (nSPS) is 22.7. The lowest BCUT2D eigenvalue weighted by atomic mass is 10.1. The number of anilines is 1. The number of carbonyl (C=O) groups is 1. The Balaban J connectivity index is 1.71. The SMILES string of the molecule is Cc1ccc([C@H]2SC[C@H]3C(=O)N(c4cc(C)ccc4C)C(=S)N23)cc1. The first kappa shape index (κ1) is 16.6. The number of rotatable bonds is 2. The fourth-order valence-electron chi connectivity index (χ4n) is 3.46. The zero-order chi connectivity index (χ0) is 17.7. The number of fused-ring (bicyclic) bond motifs is 1. The number of amides is 1. The van der Waals surface area contributed by atoms with Crippen molar-refractivity contribution in [2.24, 2.45) is 0 Å². The summed E-state index contributed by atoms with van der Waals surface area (Å²) in [6, 6.07) is 14.5. The topological polar surface area (TPSA) is 23.6 Å². The summed E-state index contributed by atoms with van der Waals surface area (Å²) in [4.78, 5) is 16.9. The van der Waals surface area contributed by atoms with Gasteiger partial charge in [0.2, 0.25) is 0 Å². The van der Waals surface area contributed by atoms with Crippen LogP contribution in [0.4, 0.5) is 5.69 Å². The molecule has 0 spiro atoms. The number of thiocarbonyl (C=S) groups is 1. The molecule has 0 aliphatic carbocycles. The largest absolute Gasteiger partial charge is 0.319 e. The monoisotopic (exact) mass is 368 g/mol. The second kappa shape index (κ2) is 6.15. The van der Waals surface area contributed by atoms with E-state index in [-0.39, 0.29) is 17.3 Å². The Labute approximate surface area is 158 Å². The summed E-state index contributed by atoms with van der Waals surface area (Å²) in [5.41, 5.74) is 5.56. The van der Waals surface area contributed by atoms with Crippen LogP contribution in [0.1, 0.15) is 27.6 Å². The van der Waals surface area contributed by atoms with Gasteiger partial charge in [-0.2, -0.15) is 0 Å². The Morgan fingerprint density at radius 1 is 1.04 bits per heavy atom. The van der Waals surface area contributed by atoms with E-state index < -0.39 is 0 Å². The zero-order valence-corrected chi connectivity index (χ0v) is 16.2. The van der Waals surface area contributed by atoms with Gasteiger partial charge in [0, 0.05) is 5.75 Å². The molecule has 5 heteroatoms. The van der Waals surface area contributed by atoms with E-state index >= 15 is 0 Å². The Bertz CT molecular complexity index is 862. The van der Waals surface area contributed by atoms with E-state index in [9.17, 15) is 4.79 Å². The van der Waals surface area contributed by atoms with Gasteiger partial charge in [0.1, 0.15) is 11.4 Å². The van der Waals surface area contributed by atoms with Gasteiger partial charge in [0.15, 0.2) is 5.11 Å². The number of carbonyl (C=O) groups excluding carboxylic acids is 1. The zero-order valence-electron chi connectivity index (χ0n) is 14.5.